The van der Waals surface area contributed by atoms with E-state index in [2.05, 4.69) is 20.5 Å². The van der Waals surface area contributed by atoms with Gasteiger partial charge in [-0.3, -0.25) is 4.79 Å². The summed E-state index contributed by atoms with van der Waals surface area (Å²) in [6.07, 6.45) is 0.750. The van der Waals surface area contributed by atoms with Crippen molar-refractivity contribution in [2.75, 3.05) is 0 Å². The number of hydrogen-bond acceptors (Lipinski definition) is 6. The molecule has 1 amide bonds. The topological polar surface area (TPSA) is 96.5 Å². The SMILES string of the molecule is CC1=NN(C(=O)CC23C[C@@H]4C[C@@H](C2)CC(n2ncnn2)(C4)C3)[C@@](O)(C(F)(F)F)C1. The number of carbonyl (C=O) groups is 1. The molecular weight excluding hydrogens is 389 g/mol. The highest BCUT2D eigenvalue weighted by atomic mass is 19.4. The molecule has 8 nitrogen and oxygen atoms in total. The first-order valence-corrected chi connectivity index (χ1v) is 9.94. The van der Waals surface area contributed by atoms with Crippen LogP contribution < -0.4 is 0 Å². The van der Waals surface area contributed by atoms with E-state index < -0.39 is 29.6 Å². The Bertz CT molecular complexity index is 855. The second-order valence-electron chi connectivity index (χ2n) is 9.62. The van der Waals surface area contributed by atoms with Gasteiger partial charge in [0.15, 0.2) is 6.33 Å². The molecule has 11 heteroatoms. The van der Waals surface area contributed by atoms with Crippen LogP contribution in [0.4, 0.5) is 13.2 Å². The van der Waals surface area contributed by atoms with E-state index in [4.69, 9.17) is 0 Å². The molecular formula is C18H23F3N6O2. The molecule has 0 radical (unpaired) electrons. The minimum Gasteiger partial charge on any atom is -0.362 e. The lowest BCUT2D eigenvalue weighted by atomic mass is 9.46. The number of hydrogen-bond donors (Lipinski definition) is 1. The molecule has 1 aromatic heterocycles. The predicted octanol–water partition coefficient (Wildman–Crippen LogP) is 2.22. The van der Waals surface area contributed by atoms with Gasteiger partial charge in [-0.15, -0.1) is 10.2 Å². The maximum atomic E-state index is 13.5. The van der Waals surface area contributed by atoms with E-state index in [-0.39, 0.29) is 22.7 Å². The zero-order chi connectivity index (χ0) is 20.7. The van der Waals surface area contributed by atoms with Crippen LogP contribution in [0.2, 0.25) is 0 Å². The van der Waals surface area contributed by atoms with Crippen molar-refractivity contribution in [3.8, 4) is 0 Å². The summed E-state index contributed by atoms with van der Waals surface area (Å²) in [7, 11) is 0. The molecule has 0 saturated heterocycles. The van der Waals surface area contributed by atoms with Gasteiger partial charge in [-0.2, -0.15) is 28.1 Å². The highest BCUT2D eigenvalue weighted by molar-refractivity contribution is 5.89. The van der Waals surface area contributed by atoms with E-state index in [1.54, 1.807) is 4.80 Å². The normalized spacial score (nSPS) is 41.1. The standard InChI is InChI=1S/C18H23F3N6O2/c1-11-3-17(29,18(19,20)21)26(24-11)14(28)8-15-4-12-2-13(5-15)7-16(6-12,9-15)27-23-10-22-25-27/h10,12-13,29H,2-9H2,1H3/t12-,13-,15?,16?,17-/m0/s1. The largest absolute Gasteiger partial charge is 0.438 e. The van der Waals surface area contributed by atoms with Gasteiger partial charge in [0.05, 0.1) is 5.54 Å². The molecule has 1 aromatic rings. The zero-order valence-electron chi connectivity index (χ0n) is 16.1. The van der Waals surface area contributed by atoms with Gasteiger partial charge in [0.1, 0.15) is 0 Å². The van der Waals surface area contributed by atoms with E-state index >= 15 is 0 Å². The van der Waals surface area contributed by atoms with E-state index in [1.807, 2.05) is 0 Å². The van der Waals surface area contributed by atoms with Crippen molar-refractivity contribution in [3.05, 3.63) is 6.33 Å². The molecule has 5 aliphatic rings. The molecule has 4 saturated carbocycles. The molecule has 4 aliphatic carbocycles. The summed E-state index contributed by atoms with van der Waals surface area (Å²) in [5, 5.41) is 26.5. The molecule has 158 valence electrons. The Morgan fingerprint density at radius 2 is 1.97 bits per heavy atom. The van der Waals surface area contributed by atoms with Crippen LogP contribution in [-0.2, 0) is 10.3 Å². The van der Waals surface area contributed by atoms with Crippen LogP contribution in [0.25, 0.3) is 0 Å². The van der Waals surface area contributed by atoms with Gasteiger partial charge in [-0.05, 0) is 67.9 Å². The maximum absolute atomic E-state index is 13.5. The van der Waals surface area contributed by atoms with Crippen LogP contribution in [0.15, 0.2) is 11.4 Å². The number of hydrazone groups is 1. The molecule has 1 aliphatic heterocycles. The van der Waals surface area contributed by atoms with Gasteiger partial charge in [0, 0.05) is 18.6 Å². The number of halogens is 3. The molecule has 0 unspecified atom stereocenters. The molecule has 1 N–H and O–H groups in total. The smallest absolute Gasteiger partial charge is 0.362 e. The lowest BCUT2D eigenvalue weighted by Crippen LogP contribution is -2.60. The first-order chi connectivity index (χ1) is 13.5. The Morgan fingerprint density at radius 1 is 1.28 bits per heavy atom. The second-order valence-corrected chi connectivity index (χ2v) is 9.62. The number of amides is 1. The summed E-state index contributed by atoms with van der Waals surface area (Å²) in [5.41, 5.74) is -3.92. The summed E-state index contributed by atoms with van der Waals surface area (Å²) in [4.78, 5) is 14.7. The van der Waals surface area contributed by atoms with Crippen molar-refractivity contribution < 1.29 is 23.1 Å². The van der Waals surface area contributed by atoms with Crippen LogP contribution >= 0.6 is 0 Å². The van der Waals surface area contributed by atoms with Gasteiger partial charge in [0.25, 0.3) is 5.72 Å². The van der Waals surface area contributed by atoms with Crippen LogP contribution in [-0.4, -0.2) is 53.8 Å². The summed E-state index contributed by atoms with van der Waals surface area (Å²) >= 11 is 0. The summed E-state index contributed by atoms with van der Waals surface area (Å²) < 4.78 is 40.6. The van der Waals surface area contributed by atoms with Crippen molar-refractivity contribution in [3.63, 3.8) is 0 Å². The molecule has 6 rings (SSSR count). The Balaban J connectivity index is 1.44. The van der Waals surface area contributed by atoms with E-state index in [0.29, 0.717) is 18.3 Å². The molecule has 4 fully saturated rings. The number of tetrazole rings is 1. The minimum atomic E-state index is -4.97. The molecule has 4 bridgehead atoms. The summed E-state index contributed by atoms with van der Waals surface area (Å²) in [6, 6.07) is 0. The van der Waals surface area contributed by atoms with Gasteiger partial charge >= 0.3 is 6.18 Å². The van der Waals surface area contributed by atoms with Crippen LogP contribution in [0.3, 0.4) is 0 Å². The number of aliphatic hydroxyl groups is 1. The van der Waals surface area contributed by atoms with Crippen molar-refractivity contribution in [2.24, 2.45) is 22.4 Å². The third-order valence-electron chi connectivity index (χ3n) is 7.26. The number of carbonyl (C=O) groups excluding carboxylic acids is 1. The second kappa shape index (κ2) is 5.77. The first kappa shape index (κ1) is 19.0. The average Bonchev–Trinajstić information content (AvgIpc) is 3.21. The lowest BCUT2D eigenvalue weighted by Gasteiger charge is -2.61. The van der Waals surface area contributed by atoms with Gasteiger partial charge in [-0.1, -0.05) is 0 Å². The molecule has 0 spiro atoms. The summed E-state index contributed by atoms with van der Waals surface area (Å²) in [6.45, 7) is 1.39. The quantitative estimate of drug-likeness (QED) is 0.821. The zero-order valence-corrected chi connectivity index (χ0v) is 16.1. The molecule has 0 aromatic carbocycles. The van der Waals surface area contributed by atoms with Crippen molar-refractivity contribution in [1.82, 2.24) is 25.2 Å². The third kappa shape index (κ3) is 2.72. The fourth-order valence-electron chi connectivity index (χ4n) is 6.83. The molecule has 2 heterocycles. The highest BCUT2D eigenvalue weighted by Gasteiger charge is 2.64. The number of nitrogens with zero attached hydrogens (tertiary/aromatic N) is 6. The van der Waals surface area contributed by atoms with E-state index in [0.717, 1.165) is 32.1 Å². The summed E-state index contributed by atoms with van der Waals surface area (Å²) in [5.74, 6) is 0.00561. The molecule has 29 heavy (non-hydrogen) atoms. The minimum absolute atomic E-state index is 0.0639. The number of rotatable bonds is 3. The Hall–Kier alpha value is -2.04. The van der Waals surface area contributed by atoms with Crippen molar-refractivity contribution in [2.45, 2.75) is 75.7 Å². The Kier molecular flexibility index (Phi) is 3.77. The van der Waals surface area contributed by atoms with Gasteiger partial charge in [0.2, 0.25) is 5.91 Å². The van der Waals surface area contributed by atoms with Crippen LogP contribution in [0.1, 0.15) is 58.3 Å². The van der Waals surface area contributed by atoms with Crippen molar-refractivity contribution in [1.29, 1.82) is 0 Å². The van der Waals surface area contributed by atoms with E-state index in [1.165, 1.54) is 13.3 Å². The van der Waals surface area contributed by atoms with Gasteiger partial charge < -0.3 is 5.11 Å². The van der Waals surface area contributed by atoms with Crippen molar-refractivity contribution >= 4 is 11.6 Å². The Morgan fingerprint density at radius 3 is 2.55 bits per heavy atom. The van der Waals surface area contributed by atoms with Gasteiger partial charge in [-0.25, -0.2) is 0 Å². The van der Waals surface area contributed by atoms with E-state index in [9.17, 15) is 23.1 Å². The lowest BCUT2D eigenvalue weighted by molar-refractivity contribution is -0.303. The number of alkyl halides is 3. The fourth-order valence-corrected chi connectivity index (χ4v) is 6.83. The Labute approximate surface area is 165 Å². The third-order valence-corrected chi connectivity index (χ3v) is 7.26. The first-order valence-electron chi connectivity index (χ1n) is 9.94. The monoisotopic (exact) mass is 412 g/mol. The van der Waals surface area contributed by atoms with Crippen LogP contribution in [0.5, 0.6) is 0 Å². The predicted molar refractivity (Wildman–Crippen MR) is 93.1 cm³/mol. The average molecular weight is 412 g/mol. The number of aromatic nitrogens is 4. The fraction of sp³-hybridized carbons (Fsp3) is 0.833. The highest BCUT2D eigenvalue weighted by Crippen LogP contribution is 2.65. The maximum Gasteiger partial charge on any atom is 0.438 e. The van der Waals surface area contributed by atoms with Crippen LogP contribution in [0, 0.1) is 17.3 Å². The molecule has 3 atom stereocenters.